The average Bonchev–Trinajstić information content (AvgIpc) is 2.88. The van der Waals surface area contributed by atoms with Gasteiger partial charge in [0, 0.05) is 57.1 Å². The van der Waals surface area contributed by atoms with Gasteiger partial charge in [0.05, 0.1) is 0 Å². The van der Waals surface area contributed by atoms with E-state index in [1.165, 1.54) is 0 Å². The molecule has 2 N–H and O–H groups in total. The Morgan fingerprint density at radius 3 is 1.43 bits per heavy atom. The first-order valence-corrected chi connectivity index (χ1v) is 12.8. The largest absolute Gasteiger partial charge is 0.378 e. The van der Waals surface area contributed by atoms with E-state index in [4.69, 9.17) is 34.6 Å². The van der Waals surface area contributed by atoms with Gasteiger partial charge >= 0.3 is 0 Å². The van der Waals surface area contributed by atoms with Crippen molar-refractivity contribution in [2.24, 2.45) is 10.2 Å². The molecule has 0 radical (unpaired) electrons. The molecule has 0 aliphatic rings. The zero-order chi connectivity index (χ0) is 25.8. The molecule has 35 heavy (non-hydrogen) atoms. The van der Waals surface area contributed by atoms with Crippen molar-refractivity contribution in [2.45, 2.75) is 27.7 Å². The van der Waals surface area contributed by atoms with E-state index in [1.807, 2.05) is 66.4 Å². The maximum Gasteiger partial charge on any atom is 0.189 e. The third kappa shape index (κ3) is 8.00. The second-order valence-electron chi connectivity index (χ2n) is 7.91. The monoisotopic (exact) mass is 511 g/mol. The lowest BCUT2D eigenvalue weighted by molar-refractivity contribution is 0.457. The number of nitrogens with one attached hydrogen (secondary N) is 2. The van der Waals surface area contributed by atoms with Crippen LogP contribution >= 0.6 is 24.4 Å². The molecular formula is C26H37N7S2. The van der Waals surface area contributed by atoms with Crippen LogP contribution in [0.4, 0.5) is 5.69 Å². The number of hydrogen-bond acceptors (Lipinski definition) is 5. The summed E-state index contributed by atoms with van der Waals surface area (Å²) in [7, 11) is 4.03. The fourth-order valence-corrected chi connectivity index (χ4v) is 4.00. The summed E-state index contributed by atoms with van der Waals surface area (Å²) in [6.45, 7) is 11.4. The van der Waals surface area contributed by atoms with Crippen LogP contribution in [0.5, 0.6) is 0 Å². The molecule has 0 spiro atoms. The van der Waals surface area contributed by atoms with Crippen LogP contribution in [0.25, 0.3) is 0 Å². The number of hydrazone groups is 2. The first kappa shape index (κ1) is 28.2. The van der Waals surface area contributed by atoms with Crippen molar-refractivity contribution in [2.75, 3.05) is 45.2 Å². The van der Waals surface area contributed by atoms with Gasteiger partial charge in [0.1, 0.15) is 11.4 Å². The van der Waals surface area contributed by atoms with Crippen molar-refractivity contribution in [3.63, 3.8) is 0 Å². The molecule has 9 heteroatoms. The summed E-state index contributed by atoms with van der Waals surface area (Å²) in [5.74, 6) is 0. The van der Waals surface area contributed by atoms with Crippen molar-refractivity contribution >= 4 is 51.8 Å². The predicted molar refractivity (Wildman–Crippen MR) is 158 cm³/mol. The number of thiocarbonyl (C=S) groups is 2. The molecule has 0 heterocycles. The van der Waals surface area contributed by atoms with Gasteiger partial charge in [-0.15, -0.1) is 0 Å². The maximum absolute atomic E-state index is 5.59. The van der Waals surface area contributed by atoms with Gasteiger partial charge in [0.15, 0.2) is 10.2 Å². The Kier molecular flexibility index (Phi) is 11.6. The number of benzene rings is 2. The first-order valence-electron chi connectivity index (χ1n) is 11.9. The van der Waals surface area contributed by atoms with Crippen LogP contribution in [-0.4, -0.2) is 71.7 Å². The molecule has 0 amide bonds. The van der Waals surface area contributed by atoms with Crippen LogP contribution in [0, 0.1) is 0 Å². The van der Waals surface area contributed by atoms with E-state index in [0.29, 0.717) is 21.6 Å². The topological polar surface area (TPSA) is 58.5 Å². The SMILES string of the molecule is CCN(CC)C(=S)N/N=C(/C(=N/NC(=S)N(CC)CC)c1ccc(N(C)C)cc1)c1ccccc1. The summed E-state index contributed by atoms with van der Waals surface area (Å²) < 4.78 is 0. The molecule has 0 aliphatic carbocycles. The minimum absolute atomic E-state index is 0.566. The highest BCUT2D eigenvalue weighted by molar-refractivity contribution is 7.80. The maximum atomic E-state index is 5.59. The van der Waals surface area contributed by atoms with Crippen LogP contribution in [0.1, 0.15) is 38.8 Å². The minimum atomic E-state index is 0.566. The second kappa shape index (κ2) is 14.4. The predicted octanol–water partition coefficient (Wildman–Crippen LogP) is 4.29. The normalized spacial score (nSPS) is 11.6. The standard InChI is InChI=1S/C26H37N7S2/c1-7-32(8-2)25(34)29-27-23(20-14-12-11-13-15-20)24(28-30-26(35)33(9-3)10-4)21-16-18-22(19-17-21)31(5)6/h11-19H,7-10H2,1-6H3,(H,29,34)(H,30,35)/b27-23+,28-24+. The second-order valence-corrected chi connectivity index (χ2v) is 8.68. The third-order valence-electron chi connectivity index (χ3n) is 5.56. The average molecular weight is 512 g/mol. The molecule has 188 valence electrons. The lowest BCUT2D eigenvalue weighted by Gasteiger charge is -2.22. The molecule has 0 aromatic heterocycles. The lowest BCUT2D eigenvalue weighted by Crippen LogP contribution is -2.39. The Balaban J connectivity index is 2.59. The number of rotatable bonds is 10. The van der Waals surface area contributed by atoms with E-state index < -0.39 is 0 Å². The van der Waals surface area contributed by atoms with Crippen LogP contribution in [0.3, 0.4) is 0 Å². The zero-order valence-electron chi connectivity index (χ0n) is 21.6. The smallest absolute Gasteiger partial charge is 0.189 e. The summed E-state index contributed by atoms with van der Waals surface area (Å²) in [5.41, 5.74) is 10.4. The molecule has 0 fully saturated rings. The molecule has 2 aromatic rings. The fourth-order valence-electron chi connectivity index (χ4n) is 3.39. The van der Waals surface area contributed by atoms with Gasteiger partial charge in [-0.05, 0) is 64.3 Å². The van der Waals surface area contributed by atoms with E-state index in [-0.39, 0.29) is 0 Å². The quantitative estimate of drug-likeness (QED) is 0.280. The van der Waals surface area contributed by atoms with Crippen molar-refractivity contribution < 1.29 is 0 Å². The van der Waals surface area contributed by atoms with Crippen LogP contribution in [-0.2, 0) is 0 Å². The third-order valence-corrected chi connectivity index (χ3v) is 6.26. The van der Waals surface area contributed by atoms with Crippen molar-refractivity contribution in [3.8, 4) is 0 Å². The molecule has 0 saturated carbocycles. The van der Waals surface area contributed by atoms with Gasteiger partial charge in [-0.3, -0.25) is 10.9 Å². The number of hydrogen-bond donors (Lipinski definition) is 2. The van der Waals surface area contributed by atoms with Gasteiger partial charge in [0.2, 0.25) is 0 Å². The van der Waals surface area contributed by atoms with Gasteiger partial charge in [-0.1, -0.05) is 42.5 Å². The molecular weight excluding hydrogens is 474 g/mol. The van der Waals surface area contributed by atoms with Crippen molar-refractivity contribution in [3.05, 3.63) is 65.7 Å². The highest BCUT2D eigenvalue weighted by Gasteiger charge is 2.17. The van der Waals surface area contributed by atoms with E-state index in [2.05, 4.69) is 55.6 Å². The fraction of sp³-hybridized carbons (Fsp3) is 0.385. The van der Waals surface area contributed by atoms with Gasteiger partial charge < -0.3 is 14.7 Å². The molecule has 2 rings (SSSR count). The molecule has 0 aliphatic heterocycles. The van der Waals surface area contributed by atoms with E-state index in [0.717, 1.165) is 43.0 Å². The molecule has 0 atom stereocenters. The molecule has 0 bridgehead atoms. The van der Waals surface area contributed by atoms with E-state index >= 15 is 0 Å². The number of nitrogens with zero attached hydrogens (tertiary/aromatic N) is 5. The van der Waals surface area contributed by atoms with Crippen LogP contribution in [0.2, 0.25) is 0 Å². The lowest BCUT2D eigenvalue weighted by atomic mass is 9.99. The van der Waals surface area contributed by atoms with E-state index in [9.17, 15) is 0 Å². The molecule has 7 nitrogen and oxygen atoms in total. The van der Waals surface area contributed by atoms with Crippen molar-refractivity contribution in [1.29, 1.82) is 0 Å². The van der Waals surface area contributed by atoms with E-state index in [1.54, 1.807) is 0 Å². The Labute approximate surface area is 220 Å². The van der Waals surface area contributed by atoms with Gasteiger partial charge in [-0.2, -0.15) is 10.2 Å². The summed E-state index contributed by atoms with van der Waals surface area (Å²) in [5, 5.41) is 10.7. The molecule has 0 saturated heterocycles. The van der Waals surface area contributed by atoms with Crippen LogP contribution < -0.4 is 15.8 Å². The summed E-state index contributed by atoms with van der Waals surface area (Å²) >= 11 is 11.2. The molecule has 2 aromatic carbocycles. The Morgan fingerprint density at radius 2 is 1.06 bits per heavy atom. The number of anilines is 1. The minimum Gasteiger partial charge on any atom is -0.378 e. The Hall–Kier alpha value is -3.04. The van der Waals surface area contributed by atoms with Gasteiger partial charge in [-0.25, -0.2) is 0 Å². The summed E-state index contributed by atoms with van der Waals surface area (Å²) in [6.07, 6.45) is 0. The van der Waals surface area contributed by atoms with Gasteiger partial charge in [0.25, 0.3) is 0 Å². The van der Waals surface area contributed by atoms with Crippen molar-refractivity contribution in [1.82, 2.24) is 20.7 Å². The zero-order valence-corrected chi connectivity index (χ0v) is 23.2. The Morgan fingerprint density at radius 1 is 0.657 bits per heavy atom. The highest BCUT2D eigenvalue weighted by Crippen LogP contribution is 2.16. The summed E-state index contributed by atoms with van der Waals surface area (Å²) in [4.78, 5) is 6.14. The Bertz CT molecular complexity index is 1010. The summed E-state index contributed by atoms with van der Waals surface area (Å²) in [6, 6.07) is 18.2. The first-order chi connectivity index (χ1) is 16.9. The van der Waals surface area contributed by atoms with Crippen LogP contribution in [0.15, 0.2) is 64.8 Å². The highest BCUT2D eigenvalue weighted by atomic mass is 32.1. The molecule has 0 unspecified atom stereocenters.